The molecule has 2 aliphatic heterocycles. The number of halogens is 1. The maximum Gasteiger partial charge on any atom is 0.498 e. The third-order valence-electron chi connectivity index (χ3n) is 7.68. The van der Waals surface area contributed by atoms with E-state index < -0.39 is 24.3 Å². The minimum atomic E-state index is -0.731. The second-order valence-corrected chi connectivity index (χ2v) is 11.4. The van der Waals surface area contributed by atoms with E-state index in [2.05, 4.69) is 15.9 Å². The molecule has 7 nitrogen and oxygen atoms in total. The monoisotopic (exact) mass is 581 g/mol. The fraction of sp³-hybridized carbons (Fsp3) is 0.414. The highest BCUT2D eigenvalue weighted by Crippen LogP contribution is 2.44. The van der Waals surface area contributed by atoms with Gasteiger partial charge in [-0.25, -0.2) is 4.79 Å². The van der Waals surface area contributed by atoms with Crippen LogP contribution in [0.15, 0.2) is 46.9 Å². The van der Waals surface area contributed by atoms with E-state index >= 15 is 0 Å². The lowest BCUT2D eigenvalue weighted by Crippen LogP contribution is -2.41. The van der Waals surface area contributed by atoms with Crippen molar-refractivity contribution in [3.63, 3.8) is 0 Å². The summed E-state index contributed by atoms with van der Waals surface area (Å²) in [5.41, 5.74) is 3.99. The van der Waals surface area contributed by atoms with E-state index in [1.807, 2.05) is 74.7 Å². The molecule has 0 bridgehead atoms. The predicted octanol–water partition coefficient (Wildman–Crippen LogP) is 5.54. The van der Waals surface area contributed by atoms with Gasteiger partial charge in [0.2, 0.25) is 0 Å². The number of aromatic nitrogens is 1. The number of benzene rings is 2. The summed E-state index contributed by atoms with van der Waals surface area (Å²) in [7, 11) is 0.902. The Hall–Kier alpha value is -2.75. The van der Waals surface area contributed by atoms with Crippen LogP contribution in [0.1, 0.15) is 56.2 Å². The fourth-order valence-electron chi connectivity index (χ4n) is 4.96. The molecule has 1 fully saturated rings. The topological polar surface area (TPSA) is 68.2 Å². The molecule has 0 unspecified atom stereocenters. The summed E-state index contributed by atoms with van der Waals surface area (Å²) in [4.78, 5) is 13.3. The maximum absolute atomic E-state index is 13.3. The second kappa shape index (κ2) is 10.1. The van der Waals surface area contributed by atoms with Crippen LogP contribution in [-0.2, 0) is 33.6 Å². The van der Waals surface area contributed by atoms with Gasteiger partial charge in [-0.2, -0.15) is 0 Å². The number of ether oxygens (including phenoxy) is 3. The highest BCUT2D eigenvalue weighted by atomic mass is 79.9. The molecule has 2 aliphatic rings. The lowest BCUT2D eigenvalue weighted by molar-refractivity contribution is 0.00578. The van der Waals surface area contributed by atoms with Crippen molar-refractivity contribution in [1.29, 1.82) is 0 Å². The van der Waals surface area contributed by atoms with E-state index in [9.17, 15) is 4.79 Å². The first-order chi connectivity index (χ1) is 18.1. The van der Waals surface area contributed by atoms with Crippen molar-refractivity contribution in [3.05, 3.63) is 63.8 Å². The van der Waals surface area contributed by atoms with Gasteiger partial charge in [0, 0.05) is 22.0 Å². The second-order valence-electron chi connectivity index (χ2n) is 10.6. The van der Waals surface area contributed by atoms with E-state index in [0.717, 1.165) is 26.9 Å². The number of fused-ring (bicyclic) bond motifs is 3. The Balaban J connectivity index is 1.60. The van der Waals surface area contributed by atoms with Gasteiger partial charge in [0.25, 0.3) is 0 Å². The Morgan fingerprint density at radius 3 is 2.39 bits per heavy atom. The van der Waals surface area contributed by atoms with Crippen LogP contribution >= 0.6 is 15.9 Å². The molecule has 0 amide bonds. The SMILES string of the molecule is CCOC(=O)c1c(B2OC(C)(C)C(C)(C)O2)c(Br)c2n1CCc1cc(OCc3ccccc3)c(OC)cc1-2. The maximum atomic E-state index is 13.3. The van der Waals surface area contributed by atoms with Crippen molar-refractivity contribution in [3.8, 4) is 22.8 Å². The zero-order valence-electron chi connectivity index (χ0n) is 22.7. The largest absolute Gasteiger partial charge is 0.498 e. The van der Waals surface area contributed by atoms with Crippen molar-refractivity contribution in [2.24, 2.45) is 0 Å². The molecule has 0 N–H and O–H groups in total. The normalized spacial score (nSPS) is 17.1. The molecule has 0 spiro atoms. The van der Waals surface area contributed by atoms with E-state index in [0.29, 0.717) is 42.2 Å². The first-order valence-electron chi connectivity index (χ1n) is 12.9. The highest BCUT2D eigenvalue weighted by molar-refractivity contribution is 9.10. The van der Waals surface area contributed by atoms with Crippen LogP contribution in [0.3, 0.4) is 0 Å². The number of carbonyl (C=O) groups is 1. The molecule has 1 aromatic heterocycles. The molecule has 1 saturated heterocycles. The Bertz CT molecular complexity index is 1350. The highest BCUT2D eigenvalue weighted by Gasteiger charge is 2.54. The smallest absolute Gasteiger partial charge is 0.493 e. The van der Waals surface area contributed by atoms with Gasteiger partial charge in [-0.05, 0) is 80.2 Å². The molecule has 3 heterocycles. The van der Waals surface area contributed by atoms with Gasteiger partial charge in [-0.15, -0.1) is 0 Å². The van der Waals surface area contributed by atoms with E-state index in [1.54, 1.807) is 14.0 Å². The molecule has 0 saturated carbocycles. The van der Waals surface area contributed by atoms with Gasteiger partial charge in [-0.1, -0.05) is 30.3 Å². The minimum absolute atomic E-state index is 0.270. The molecule has 38 heavy (non-hydrogen) atoms. The Kier molecular flexibility index (Phi) is 7.13. The molecule has 0 aliphatic carbocycles. The van der Waals surface area contributed by atoms with Crippen molar-refractivity contribution in [2.45, 2.75) is 65.4 Å². The molecular weight excluding hydrogens is 549 g/mol. The van der Waals surface area contributed by atoms with Crippen molar-refractivity contribution >= 4 is 34.5 Å². The number of carbonyl (C=O) groups excluding carboxylic acids is 1. The van der Waals surface area contributed by atoms with Gasteiger partial charge in [0.1, 0.15) is 12.3 Å². The van der Waals surface area contributed by atoms with Crippen LogP contribution in [0.4, 0.5) is 0 Å². The molecular formula is C29H33BBrNO6. The number of hydrogen-bond donors (Lipinski definition) is 0. The fourth-order valence-corrected chi connectivity index (χ4v) is 5.76. The molecule has 0 radical (unpaired) electrons. The van der Waals surface area contributed by atoms with Gasteiger partial charge < -0.3 is 28.1 Å². The third kappa shape index (κ3) is 4.54. The zero-order valence-corrected chi connectivity index (χ0v) is 24.3. The van der Waals surface area contributed by atoms with Crippen molar-refractivity contribution < 1.29 is 28.3 Å². The predicted molar refractivity (Wildman–Crippen MR) is 150 cm³/mol. The minimum Gasteiger partial charge on any atom is -0.493 e. The number of esters is 1. The third-order valence-corrected chi connectivity index (χ3v) is 8.49. The number of rotatable bonds is 7. The lowest BCUT2D eigenvalue weighted by Gasteiger charge is -2.32. The average Bonchev–Trinajstić information content (AvgIpc) is 3.30. The Morgan fingerprint density at radius 1 is 1.08 bits per heavy atom. The van der Waals surface area contributed by atoms with Gasteiger partial charge >= 0.3 is 13.1 Å². The molecule has 2 aromatic carbocycles. The number of nitrogens with zero attached hydrogens (tertiary/aromatic N) is 1. The number of hydrogen-bond acceptors (Lipinski definition) is 6. The summed E-state index contributed by atoms with van der Waals surface area (Å²) in [6, 6.07) is 14.1. The Labute approximate surface area is 232 Å². The molecule has 5 rings (SSSR count). The first kappa shape index (κ1) is 26.8. The lowest BCUT2D eigenvalue weighted by atomic mass is 9.78. The standard InChI is InChI=1S/C29H33BBrNO6/c1-7-35-27(33)26-23(30-37-28(2,3)29(4,5)38-30)24(31)25-20-16-21(34-6)22(15-19(20)13-14-32(25)26)36-17-18-11-9-8-10-12-18/h8-12,15-16H,7,13-14,17H2,1-6H3. The summed E-state index contributed by atoms with van der Waals surface area (Å²) < 4.78 is 32.9. The summed E-state index contributed by atoms with van der Waals surface area (Å²) >= 11 is 3.83. The number of methoxy groups -OCH3 is 1. The summed E-state index contributed by atoms with van der Waals surface area (Å²) in [5, 5.41) is 0. The van der Waals surface area contributed by atoms with Crippen LogP contribution in [0.5, 0.6) is 11.5 Å². The zero-order chi connectivity index (χ0) is 27.2. The van der Waals surface area contributed by atoms with Gasteiger partial charge in [0.05, 0.1) is 30.6 Å². The van der Waals surface area contributed by atoms with E-state index in [4.69, 9.17) is 23.5 Å². The van der Waals surface area contributed by atoms with Crippen molar-refractivity contribution in [2.75, 3.05) is 13.7 Å². The quantitative estimate of drug-likeness (QED) is 0.270. The molecule has 9 heteroatoms. The summed E-state index contributed by atoms with van der Waals surface area (Å²) in [6.45, 7) is 11.1. The summed E-state index contributed by atoms with van der Waals surface area (Å²) in [5.74, 6) is 0.904. The van der Waals surface area contributed by atoms with Crippen LogP contribution in [0, 0.1) is 0 Å². The van der Waals surface area contributed by atoms with Crippen LogP contribution in [-0.4, -0.2) is 42.6 Å². The van der Waals surface area contributed by atoms with Crippen molar-refractivity contribution in [1.82, 2.24) is 4.57 Å². The van der Waals surface area contributed by atoms with E-state index in [1.165, 1.54) is 0 Å². The molecule has 0 atom stereocenters. The van der Waals surface area contributed by atoms with Crippen LogP contribution in [0.25, 0.3) is 11.3 Å². The molecule has 3 aromatic rings. The van der Waals surface area contributed by atoms with Crippen LogP contribution in [0.2, 0.25) is 0 Å². The van der Waals surface area contributed by atoms with Crippen LogP contribution < -0.4 is 14.9 Å². The Morgan fingerprint density at radius 2 is 1.76 bits per heavy atom. The number of aryl methyl sites for hydroxylation is 1. The van der Waals surface area contributed by atoms with E-state index in [-0.39, 0.29) is 6.61 Å². The summed E-state index contributed by atoms with van der Waals surface area (Å²) in [6.07, 6.45) is 0.713. The average molecular weight is 582 g/mol. The van der Waals surface area contributed by atoms with Gasteiger partial charge in [0.15, 0.2) is 11.5 Å². The molecule has 200 valence electrons. The van der Waals surface area contributed by atoms with Gasteiger partial charge in [-0.3, -0.25) is 0 Å². The first-order valence-corrected chi connectivity index (χ1v) is 13.7.